The molecule has 0 aliphatic rings. The highest BCUT2D eigenvalue weighted by molar-refractivity contribution is 6.30. The summed E-state index contributed by atoms with van der Waals surface area (Å²) < 4.78 is 15.6. The van der Waals surface area contributed by atoms with E-state index in [1.165, 1.54) is 7.11 Å². The molecular formula is C21H22ClNO5. The van der Waals surface area contributed by atoms with Crippen LogP contribution in [0.4, 0.5) is 5.69 Å². The largest absolute Gasteiger partial charge is 0.493 e. The molecule has 0 aliphatic carbocycles. The predicted molar refractivity (Wildman–Crippen MR) is 108 cm³/mol. The molecule has 1 amide bonds. The minimum Gasteiger partial charge on any atom is -0.493 e. The van der Waals surface area contributed by atoms with Gasteiger partial charge in [0.2, 0.25) is 0 Å². The number of aryl methyl sites for hydroxylation is 1. The van der Waals surface area contributed by atoms with Gasteiger partial charge < -0.3 is 19.5 Å². The van der Waals surface area contributed by atoms with Gasteiger partial charge in [-0.2, -0.15) is 0 Å². The predicted octanol–water partition coefficient (Wildman–Crippen LogP) is 3.95. The maximum absolute atomic E-state index is 11.9. The molecule has 148 valence electrons. The fourth-order valence-electron chi connectivity index (χ4n) is 2.40. The van der Waals surface area contributed by atoms with Crippen LogP contribution in [0.15, 0.2) is 49.1 Å². The number of allylic oxidation sites excluding steroid dienone is 1. The summed E-state index contributed by atoms with van der Waals surface area (Å²) in [6, 6.07) is 10.4. The molecule has 2 aromatic rings. The van der Waals surface area contributed by atoms with E-state index in [1.54, 1.807) is 30.3 Å². The molecule has 2 aromatic carbocycles. The Hall–Kier alpha value is -2.99. The lowest BCUT2D eigenvalue weighted by Crippen LogP contribution is -2.24. The fourth-order valence-corrected chi connectivity index (χ4v) is 2.63. The van der Waals surface area contributed by atoms with Crippen LogP contribution in [0.1, 0.15) is 11.1 Å². The van der Waals surface area contributed by atoms with E-state index < -0.39 is 18.5 Å². The van der Waals surface area contributed by atoms with Gasteiger partial charge in [-0.05, 0) is 54.8 Å². The molecule has 0 unspecified atom stereocenters. The summed E-state index contributed by atoms with van der Waals surface area (Å²) in [5.41, 5.74) is 2.42. The summed E-state index contributed by atoms with van der Waals surface area (Å²) in [4.78, 5) is 23.8. The highest BCUT2D eigenvalue weighted by atomic mass is 35.5. The molecule has 0 aromatic heterocycles. The SMILES string of the molecule is C=CCc1ccc(OCC(=O)OCC(=O)Nc2ccc(Cl)cc2C)c(OC)c1. The Morgan fingerprint density at radius 1 is 1.14 bits per heavy atom. The third-order valence-electron chi connectivity index (χ3n) is 3.78. The van der Waals surface area contributed by atoms with E-state index in [2.05, 4.69) is 11.9 Å². The second-order valence-electron chi connectivity index (χ2n) is 5.93. The van der Waals surface area contributed by atoms with E-state index in [-0.39, 0.29) is 6.61 Å². The van der Waals surface area contributed by atoms with E-state index in [0.717, 1.165) is 11.1 Å². The third-order valence-corrected chi connectivity index (χ3v) is 4.02. The molecule has 0 spiro atoms. The molecule has 0 saturated heterocycles. The lowest BCUT2D eigenvalue weighted by Gasteiger charge is -2.12. The molecule has 0 aliphatic heterocycles. The van der Waals surface area contributed by atoms with Crippen molar-refractivity contribution in [3.63, 3.8) is 0 Å². The van der Waals surface area contributed by atoms with Crippen LogP contribution in [-0.2, 0) is 20.7 Å². The Morgan fingerprint density at radius 2 is 1.93 bits per heavy atom. The average Bonchev–Trinajstić information content (AvgIpc) is 2.67. The maximum atomic E-state index is 11.9. The van der Waals surface area contributed by atoms with Gasteiger partial charge in [-0.3, -0.25) is 4.79 Å². The summed E-state index contributed by atoms with van der Waals surface area (Å²) in [7, 11) is 1.52. The number of hydrogen-bond donors (Lipinski definition) is 1. The van der Waals surface area contributed by atoms with Gasteiger partial charge in [0.1, 0.15) is 0 Å². The lowest BCUT2D eigenvalue weighted by molar-refractivity contribution is -0.149. The van der Waals surface area contributed by atoms with Crippen LogP contribution in [0.3, 0.4) is 0 Å². The molecule has 7 heteroatoms. The van der Waals surface area contributed by atoms with Crippen LogP contribution in [-0.4, -0.2) is 32.2 Å². The number of halogens is 1. The number of hydrogen-bond acceptors (Lipinski definition) is 5. The summed E-state index contributed by atoms with van der Waals surface area (Å²) in [6.07, 6.45) is 2.48. The quantitative estimate of drug-likeness (QED) is 0.507. The molecule has 0 radical (unpaired) electrons. The maximum Gasteiger partial charge on any atom is 0.344 e. The van der Waals surface area contributed by atoms with Crippen LogP contribution in [0.2, 0.25) is 5.02 Å². The zero-order chi connectivity index (χ0) is 20.5. The van der Waals surface area contributed by atoms with E-state index >= 15 is 0 Å². The standard InChI is InChI=1S/C21H22ClNO5/c1-4-5-15-6-9-18(19(11-15)26-3)27-13-21(25)28-12-20(24)23-17-8-7-16(22)10-14(17)2/h4,6-11H,1,5,12-13H2,2-3H3,(H,23,24). The zero-order valence-corrected chi connectivity index (χ0v) is 16.5. The van der Waals surface area contributed by atoms with E-state index in [1.807, 2.05) is 19.1 Å². The monoisotopic (exact) mass is 403 g/mol. The summed E-state index contributed by atoms with van der Waals surface area (Å²) in [5.74, 6) is -0.207. The van der Waals surface area contributed by atoms with Crippen molar-refractivity contribution in [1.29, 1.82) is 0 Å². The van der Waals surface area contributed by atoms with Crippen molar-refractivity contribution in [2.24, 2.45) is 0 Å². The van der Waals surface area contributed by atoms with Crippen LogP contribution >= 0.6 is 11.6 Å². The molecule has 0 atom stereocenters. The third kappa shape index (κ3) is 6.32. The number of methoxy groups -OCH3 is 1. The first-order valence-electron chi connectivity index (χ1n) is 8.55. The Labute approximate surface area is 169 Å². The topological polar surface area (TPSA) is 73.9 Å². The van der Waals surface area contributed by atoms with E-state index in [4.69, 9.17) is 25.8 Å². The molecular weight excluding hydrogens is 382 g/mol. The van der Waals surface area contributed by atoms with Crippen molar-refractivity contribution >= 4 is 29.2 Å². The Morgan fingerprint density at radius 3 is 2.61 bits per heavy atom. The molecule has 2 rings (SSSR count). The molecule has 1 N–H and O–H groups in total. The Bertz CT molecular complexity index is 866. The summed E-state index contributed by atoms with van der Waals surface area (Å²) in [5, 5.41) is 3.24. The number of ether oxygens (including phenoxy) is 3. The van der Waals surface area contributed by atoms with Crippen molar-refractivity contribution < 1.29 is 23.8 Å². The van der Waals surface area contributed by atoms with Crippen molar-refractivity contribution in [3.05, 3.63) is 65.2 Å². The summed E-state index contributed by atoms with van der Waals surface area (Å²) in [6.45, 7) is 4.75. The normalized spacial score (nSPS) is 10.1. The van der Waals surface area contributed by atoms with Crippen molar-refractivity contribution in [2.45, 2.75) is 13.3 Å². The number of nitrogens with one attached hydrogen (secondary N) is 1. The van der Waals surface area contributed by atoms with Gasteiger partial charge in [0.05, 0.1) is 7.11 Å². The highest BCUT2D eigenvalue weighted by Gasteiger charge is 2.12. The first-order valence-corrected chi connectivity index (χ1v) is 8.93. The van der Waals surface area contributed by atoms with Crippen molar-refractivity contribution in [2.75, 3.05) is 25.6 Å². The van der Waals surface area contributed by atoms with Gasteiger partial charge in [-0.15, -0.1) is 6.58 Å². The summed E-state index contributed by atoms with van der Waals surface area (Å²) >= 11 is 5.88. The van der Waals surface area contributed by atoms with Crippen LogP contribution in [0.5, 0.6) is 11.5 Å². The van der Waals surface area contributed by atoms with Crippen molar-refractivity contribution in [1.82, 2.24) is 0 Å². The Kier molecular flexibility index (Phi) is 7.89. The van der Waals surface area contributed by atoms with Gasteiger partial charge in [0.25, 0.3) is 5.91 Å². The number of rotatable bonds is 9. The van der Waals surface area contributed by atoms with Crippen molar-refractivity contribution in [3.8, 4) is 11.5 Å². The second kappa shape index (κ2) is 10.4. The smallest absolute Gasteiger partial charge is 0.344 e. The first-order chi connectivity index (χ1) is 13.4. The molecule has 0 fully saturated rings. The van der Waals surface area contributed by atoms with E-state index in [0.29, 0.717) is 28.6 Å². The number of anilines is 1. The lowest BCUT2D eigenvalue weighted by atomic mass is 10.1. The van der Waals surface area contributed by atoms with Gasteiger partial charge in [0, 0.05) is 10.7 Å². The fraction of sp³-hybridized carbons (Fsp3) is 0.238. The van der Waals surface area contributed by atoms with Crippen LogP contribution in [0, 0.1) is 6.92 Å². The van der Waals surface area contributed by atoms with E-state index in [9.17, 15) is 9.59 Å². The molecule has 0 saturated carbocycles. The molecule has 28 heavy (non-hydrogen) atoms. The van der Waals surface area contributed by atoms with Crippen LogP contribution < -0.4 is 14.8 Å². The van der Waals surface area contributed by atoms with Gasteiger partial charge in [-0.25, -0.2) is 4.79 Å². The number of amides is 1. The van der Waals surface area contributed by atoms with Gasteiger partial charge in [-0.1, -0.05) is 23.7 Å². The highest BCUT2D eigenvalue weighted by Crippen LogP contribution is 2.28. The molecule has 0 heterocycles. The average molecular weight is 404 g/mol. The molecule has 0 bridgehead atoms. The number of carbonyl (C=O) groups excluding carboxylic acids is 2. The number of benzene rings is 2. The number of esters is 1. The zero-order valence-electron chi connectivity index (χ0n) is 15.8. The van der Waals surface area contributed by atoms with Crippen LogP contribution in [0.25, 0.3) is 0 Å². The molecule has 6 nitrogen and oxygen atoms in total. The number of carbonyl (C=O) groups is 2. The van der Waals surface area contributed by atoms with Gasteiger partial charge >= 0.3 is 5.97 Å². The Balaban J connectivity index is 1.82. The van der Waals surface area contributed by atoms with Gasteiger partial charge in [0.15, 0.2) is 24.7 Å². The second-order valence-corrected chi connectivity index (χ2v) is 6.37. The minimum absolute atomic E-state index is 0.343. The minimum atomic E-state index is -0.666. The first kappa shape index (κ1) is 21.3.